The number of carboxylic acid groups (broad SMARTS) is 1. The summed E-state index contributed by atoms with van der Waals surface area (Å²) in [4.78, 5) is 29.0. The molecule has 0 bridgehead atoms. The van der Waals surface area contributed by atoms with E-state index < -0.39 is 12.1 Å². The van der Waals surface area contributed by atoms with Crippen molar-refractivity contribution in [3.63, 3.8) is 0 Å². The first-order valence-electron chi connectivity index (χ1n) is 10.2. The van der Waals surface area contributed by atoms with Crippen LogP contribution in [0, 0.1) is 0 Å². The van der Waals surface area contributed by atoms with Crippen LogP contribution in [-0.2, 0) is 11.2 Å². The lowest BCUT2D eigenvalue weighted by atomic mass is 10.2. The van der Waals surface area contributed by atoms with Crippen molar-refractivity contribution in [3.8, 4) is 17.2 Å². The number of carboxylic acids is 1. The lowest BCUT2D eigenvalue weighted by molar-refractivity contribution is -0.144. The summed E-state index contributed by atoms with van der Waals surface area (Å²) in [5, 5.41) is 14.0. The molecule has 0 spiro atoms. The van der Waals surface area contributed by atoms with Gasteiger partial charge in [-0.1, -0.05) is 22.9 Å². The van der Waals surface area contributed by atoms with E-state index in [0.717, 1.165) is 10.9 Å². The zero-order chi connectivity index (χ0) is 24.1. The predicted octanol–water partition coefficient (Wildman–Crippen LogP) is 3.86. The van der Waals surface area contributed by atoms with Crippen LogP contribution in [0.25, 0.3) is 10.9 Å². The van der Waals surface area contributed by atoms with Crippen molar-refractivity contribution in [3.05, 3.63) is 56.5 Å². The van der Waals surface area contributed by atoms with E-state index in [4.69, 9.17) is 19.3 Å². The Kier molecular flexibility index (Phi) is 7.70. The van der Waals surface area contributed by atoms with Gasteiger partial charge in [0.1, 0.15) is 5.82 Å². The van der Waals surface area contributed by atoms with E-state index >= 15 is 0 Å². The molecule has 0 saturated heterocycles. The first kappa shape index (κ1) is 24.2. The minimum atomic E-state index is -1.12. The summed E-state index contributed by atoms with van der Waals surface area (Å²) in [5.74, 6) is 0.120. The molecule has 0 amide bonds. The molecular weight excluding hydrogens is 494 g/mol. The van der Waals surface area contributed by atoms with E-state index in [1.54, 1.807) is 24.3 Å². The highest BCUT2D eigenvalue weighted by molar-refractivity contribution is 9.10. The highest BCUT2D eigenvalue weighted by Gasteiger charge is 2.20. The number of hydrogen-bond donors (Lipinski definition) is 1. The number of aryl methyl sites for hydroxylation is 1. The highest BCUT2D eigenvalue weighted by Crippen LogP contribution is 2.39. The van der Waals surface area contributed by atoms with Gasteiger partial charge >= 0.3 is 5.97 Å². The first-order valence-corrected chi connectivity index (χ1v) is 11.0. The van der Waals surface area contributed by atoms with Crippen LogP contribution in [0.1, 0.15) is 31.7 Å². The first-order chi connectivity index (χ1) is 15.8. The third-order valence-electron chi connectivity index (χ3n) is 4.80. The number of methoxy groups -OCH3 is 2. The maximum atomic E-state index is 13.1. The Balaban J connectivity index is 2.09. The molecule has 3 rings (SSSR count). The van der Waals surface area contributed by atoms with Crippen molar-refractivity contribution >= 4 is 39.0 Å². The average molecular weight is 518 g/mol. The number of rotatable bonds is 9. The van der Waals surface area contributed by atoms with E-state index in [0.29, 0.717) is 28.7 Å². The van der Waals surface area contributed by atoms with Crippen LogP contribution in [0.4, 0.5) is 0 Å². The summed E-state index contributed by atoms with van der Waals surface area (Å²) in [7, 11) is 2.87. The molecule has 1 aromatic heterocycles. The minimum absolute atomic E-state index is 0.160. The van der Waals surface area contributed by atoms with Gasteiger partial charge in [0.15, 0.2) is 17.6 Å². The van der Waals surface area contributed by atoms with E-state index in [-0.39, 0.29) is 22.8 Å². The number of nitrogens with zero attached hydrogens (tertiary/aromatic N) is 3. The molecule has 2 aromatic carbocycles. The number of halogens is 1. The fraction of sp³-hybridized carbons (Fsp3) is 0.304. The Hall–Kier alpha value is -3.40. The molecule has 0 radical (unpaired) electrons. The summed E-state index contributed by atoms with van der Waals surface area (Å²) >= 11 is 3.39. The molecule has 0 aliphatic heterocycles. The molecule has 33 heavy (non-hydrogen) atoms. The second-order valence-electron chi connectivity index (χ2n) is 7.15. The quantitative estimate of drug-likeness (QED) is 0.428. The Labute approximate surface area is 198 Å². The summed E-state index contributed by atoms with van der Waals surface area (Å²) in [6.07, 6.45) is 1.75. The topological polar surface area (TPSA) is 112 Å². The molecule has 0 aliphatic rings. The number of hydrogen-bond acceptors (Lipinski definition) is 7. The zero-order valence-electron chi connectivity index (χ0n) is 18.7. The van der Waals surface area contributed by atoms with E-state index in [1.807, 2.05) is 13.0 Å². The Morgan fingerprint density at radius 2 is 1.91 bits per heavy atom. The number of aromatic nitrogens is 2. The Morgan fingerprint density at radius 3 is 2.48 bits per heavy atom. The van der Waals surface area contributed by atoms with Crippen molar-refractivity contribution in [2.24, 2.45) is 5.10 Å². The van der Waals surface area contributed by atoms with Gasteiger partial charge in [-0.3, -0.25) is 4.79 Å². The fourth-order valence-corrected chi connectivity index (χ4v) is 3.50. The van der Waals surface area contributed by atoms with Crippen LogP contribution >= 0.6 is 15.9 Å². The highest BCUT2D eigenvalue weighted by atomic mass is 79.9. The molecule has 1 atom stereocenters. The van der Waals surface area contributed by atoms with Crippen LogP contribution < -0.4 is 19.8 Å². The molecule has 0 fully saturated rings. The second-order valence-corrected chi connectivity index (χ2v) is 8.07. The molecule has 0 unspecified atom stereocenters. The molecule has 3 aromatic rings. The average Bonchev–Trinajstić information content (AvgIpc) is 2.79. The number of aliphatic carboxylic acids is 1. The van der Waals surface area contributed by atoms with Crippen molar-refractivity contribution in [1.82, 2.24) is 9.66 Å². The smallest absolute Gasteiger partial charge is 0.344 e. The van der Waals surface area contributed by atoms with Gasteiger partial charge in [0, 0.05) is 16.5 Å². The second kappa shape index (κ2) is 10.5. The van der Waals surface area contributed by atoms with Gasteiger partial charge in [0.05, 0.1) is 31.3 Å². The van der Waals surface area contributed by atoms with Gasteiger partial charge in [-0.15, -0.1) is 0 Å². The van der Waals surface area contributed by atoms with Gasteiger partial charge in [-0.25, -0.2) is 9.78 Å². The van der Waals surface area contributed by atoms with Crippen molar-refractivity contribution in [2.75, 3.05) is 14.2 Å². The molecule has 0 aliphatic carbocycles. The molecule has 10 heteroatoms. The maximum absolute atomic E-state index is 13.1. The molecular formula is C23H24BrN3O6. The summed E-state index contributed by atoms with van der Waals surface area (Å²) in [5.41, 5.74) is 0.883. The van der Waals surface area contributed by atoms with Gasteiger partial charge in [0.25, 0.3) is 5.56 Å². The predicted molar refractivity (Wildman–Crippen MR) is 128 cm³/mol. The number of carbonyl (C=O) groups is 1. The third kappa shape index (κ3) is 5.33. The summed E-state index contributed by atoms with van der Waals surface area (Å²) in [6, 6.07) is 8.58. The fourth-order valence-electron chi connectivity index (χ4n) is 3.14. The standard InChI is InChI=1S/C23H24BrN3O6/c1-5-6-20-26-17-8-7-15(24)11-16(17)22(28)27(20)25-12-14-9-18(31-3)21(19(10-14)32-4)33-13(2)23(29)30/h7-13H,5-6H2,1-4H3,(H,29,30)/t13-/m1/s1. The lowest BCUT2D eigenvalue weighted by Crippen LogP contribution is -2.23. The van der Waals surface area contributed by atoms with Gasteiger partial charge < -0.3 is 19.3 Å². The molecule has 0 saturated carbocycles. The van der Waals surface area contributed by atoms with Crippen molar-refractivity contribution in [2.45, 2.75) is 32.8 Å². The number of benzene rings is 2. The van der Waals surface area contributed by atoms with Crippen molar-refractivity contribution < 1.29 is 24.1 Å². The molecule has 9 nitrogen and oxygen atoms in total. The zero-order valence-corrected chi connectivity index (χ0v) is 20.2. The van der Waals surface area contributed by atoms with Crippen LogP contribution in [0.5, 0.6) is 17.2 Å². The van der Waals surface area contributed by atoms with Crippen LogP contribution in [-0.4, -0.2) is 47.3 Å². The Bertz CT molecular complexity index is 1250. The normalized spacial score (nSPS) is 12.2. The maximum Gasteiger partial charge on any atom is 0.344 e. The monoisotopic (exact) mass is 517 g/mol. The van der Waals surface area contributed by atoms with Crippen LogP contribution in [0.15, 0.2) is 44.7 Å². The van der Waals surface area contributed by atoms with Crippen molar-refractivity contribution in [1.29, 1.82) is 0 Å². The molecule has 1 N–H and O–H groups in total. The minimum Gasteiger partial charge on any atom is -0.493 e. The van der Waals surface area contributed by atoms with Crippen LogP contribution in [0.3, 0.4) is 0 Å². The molecule has 174 valence electrons. The van der Waals surface area contributed by atoms with Gasteiger partial charge in [0.2, 0.25) is 5.75 Å². The lowest BCUT2D eigenvalue weighted by Gasteiger charge is -2.17. The third-order valence-corrected chi connectivity index (χ3v) is 5.29. The van der Waals surface area contributed by atoms with Gasteiger partial charge in [-0.05, 0) is 43.7 Å². The number of ether oxygens (including phenoxy) is 3. The van der Waals surface area contributed by atoms with E-state index in [1.165, 1.54) is 32.0 Å². The summed E-state index contributed by atoms with van der Waals surface area (Å²) < 4.78 is 18.3. The Morgan fingerprint density at radius 1 is 1.24 bits per heavy atom. The van der Waals surface area contributed by atoms with Gasteiger partial charge in [-0.2, -0.15) is 9.78 Å². The molecule has 1 heterocycles. The van der Waals surface area contributed by atoms with E-state index in [9.17, 15) is 9.59 Å². The summed E-state index contributed by atoms with van der Waals surface area (Å²) in [6.45, 7) is 3.40. The largest absolute Gasteiger partial charge is 0.493 e. The SMILES string of the molecule is CCCc1nc2ccc(Br)cc2c(=O)n1N=Cc1cc(OC)c(O[C@H](C)C(=O)O)c(OC)c1. The number of fused-ring (bicyclic) bond motifs is 1. The van der Waals surface area contributed by atoms with Crippen LogP contribution in [0.2, 0.25) is 0 Å². The van der Waals surface area contributed by atoms with E-state index in [2.05, 4.69) is 26.0 Å².